The number of hydrogen-bond acceptors (Lipinski definition) is 3. The van der Waals surface area contributed by atoms with Crippen molar-refractivity contribution in [3.8, 4) is 0 Å². The van der Waals surface area contributed by atoms with Crippen LogP contribution in [0.5, 0.6) is 0 Å². The zero-order valence-electron chi connectivity index (χ0n) is 12.1. The molecule has 3 heteroatoms. The van der Waals surface area contributed by atoms with E-state index in [1.807, 2.05) is 11.3 Å². The fraction of sp³-hybridized carbons (Fsp3) is 0.733. The van der Waals surface area contributed by atoms with Crippen LogP contribution in [0, 0.1) is 5.92 Å². The van der Waals surface area contributed by atoms with Gasteiger partial charge in [0.1, 0.15) is 0 Å². The van der Waals surface area contributed by atoms with E-state index in [0.717, 1.165) is 13.1 Å². The Kier molecular flexibility index (Phi) is 4.15. The van der Waals surface area contributed by atoms with E-state index in [-0.39, 0.29) is 5.41 Å². The minimum atomic E-state index is 0.277. The molecule has 2 rings (SSSR count). The Morgan fingerprint density at radius 2 is 2.11 bits per heavy atom. The molecule has 0 aliphatic carbocycles. The van der Waals surface area contributed by atoms with Crippen LogP contribution in [0.25, 0.3) is 0 Å². The highest BCUT2D eigenvalue weighted by Gasteiger charge is 2.28. The summed E-state index contributed by atoms with van der Waals surface area (Å²) in [6, 6.07) is 5.27. The lowest BCUT2D eigenvalue weighted by Crippen LogP contribution is -2.26. The van der Waals surface area contributed by atoms with Crippen molar-refractivity contribution < 1.29 is 0 Å². The molecule has 1 aliphatic rings. The molecule has 0 bridgehead atoms. The summed E-state index contributed by atoms with van der Waals surface area (Å²) >= 11 is 1.96. The average Bonchev–Trinajstić information content (AvgIpc) is 2.86. The van der Waals surface area contributed by atoms with E-state index in [2.05, 4.69) is 44.7 Å². The van der Waals surface area contributed by atoms with Gasteiger partial charge < -0.3 is 5.73 Å². The molecule has 102 valence electrons. The van der Waals surface area contributed by atoms with E-state index in [9.17, 15) is 0 Å². The molecule has 1 aliphatic heterocycles. The van der Waals surface area contributed by atoms with E-state index < -0.39 is 0 Å². The monoisotopic (exact) mass is 266 g/mol. The number of rotatable bonds is 3. The number of likely N-dealkylation sites (tertiary alicyclic amines) is 1. The molecular weight excluding hydrogens is 240 g/mol. The smallest absolute Gasteiger partial charge is 0.0330 e. The van der Waals surface area contributed by atoms with Crippen LogP contribution in [0.2, 0.25) is 0 Å². The largest absolute Gasteiger partial charge is 0.330 e. The second-order valence-electron chi connectivity index (χ2n) is 6.63. The van der Waals surface area contributed by atoms with Crippen molar-refractivity contribution in [1.82, 2.24) is 4.90 Å². The number of hydrogen-bond donors (Lipinski definition) is 1. The third-order valence-corrected chi connectivity index (χ3v) is 5.38. The number of thiophene rings is 1. The van der Waals surface area contributed by atoms with Gasteiger partial charge in [0.2, 0.25) is 0 Å². The summed E-state index contributed by atoms with van der Waals surface area (Å²) in [4.78, 5) is 5.56. The van der Waals surface area contributed by atoms with Crippen LogP contribution >= 0.6 is 11.3 Å². The maximum Gasteiger partial charge on any atom is 0.0330 e. The summed E-state index contributed by atoms with van der Waals surface area (Å²) in [6.07, 6.45) is 1.26. The third kappa shape index (κ3) is 3.14. The lowest BCUT2D eigenvalue weighted by atomic mass is 9.95. The van der Waals surface area contributed by atoms with E-state index in [1.54, 1.807) is 0 Å². The first kappa shape index (κ1) is 14.0. The summed E-state index contributed by atoms with van der Waals surface area (Å²) in [6.45, 7) is 12.3. The van der Waals surface area contributed by atoms with Gasteiger partial charge in [-0.3, -0.25) is 4.90 Å². The quantitative estimate of drug-likeness (QED) is 0.910. The van der Waals surface area contributed by atoms with Crippen LogP contribution in [0.3, 0.4) is 0 Å². The van der Waals surface area contributed by atoms with Crippen LogP contribution in [-0.2, 0) is 12.0 Å². The Balaban J connectivity index is 2.00. The maximum atomic E-state index is 5.79. The highest BCUT2D eigenvalue weighted by molar-refractivity contribution is 7.12. The Morgan fingerprint density at radius 3 is 2.61 bits per heavy atom. The normalized spacial score (nSPS) is 25.8. The van der Waals surface area contributed by atoms with Crippen LogP contribution in [0.15, 0.2) is 12.1 Å². The van der Waals surface area contributed by atoms with Crippen molar-refractivity contribution in [1.29, 1.82) is 0 Å². The first-order valence-corrected chi connectivity index (χ1v) is 7.75. The van der Waals surface area contributed by atoms with E-state index >= 15 is 0 Å². The van der Waals surface area contributed by atoms with Crippen LogP contribution in [0.1, 0.15) is 43.9 Å². The number of nitrogens with two attached hydrogens (primary N) is 1. The molecule has 1 aromatic heterocycles. The van der Waals surface area contributed by atoms with Gasteiger partial charge in [-0.05, 0) is 43.4 Å². The Bertz CT molecular complexity index is 391. The molecule has 2 atom stereocenters. The summed E-state index contributed by atoms with van der Waals surface area (Å²) in [5.41, 5.74) is 6.07. The standard InChI is InChI=1S/C15H26N2S/c1-11-7-12(8-16)9-17(11)10-13-5-6-14(18-13)15(2,3)4/h5-6,11-12H,7-10,16H2,1-4H3. The van der Waals surface area contributed by atoms with Gasteiger partial charge >= 0.3 is 0 Å². The van der Waals surface area contributed by atoms with Crippen LogP contribution in [0.4, 0.5) is 0 Å². The second-order valence-corrected chi connectivity index (χ2v) is 7.80. The van der Waals surface area contributed by atoms with Crippen molar-refractivity contribution in [3.05, 3.63) is 21.9 Å². The Labute approximate surface area is 115 Å². The first-order chi connectivity index (χ1) is 8.40. The molecule has 18 heavy (non-hydrogen) atoms. The van der Waals surface area contributed by atoms with Gasteiger partial charge in [-0.2, -0.15) is 0 Å². The second kappa shape index (κ2) is 5.32. The van der Waals surface area contributed by atoms with Gasteiger partial charge in [0.05, 0.1) is 0 Å². The van der Waals surface area contributed by atoms with Gasteiger partial charge in [0.15, 0.2) is 0 Å². The van der Waals surface area contributed by atoms with Gasteiger partial charge in [0.25, 0.3) is 0 Å². The third-order valence-electron chi connectivity index (χ3n) is 3.88. The van der Waals surface area contributed by atoms with Crippen molar-refractivity contribution in [2.75, 3.05) is 13.1 Å². The predicted molar refractivity (Wildman–Crippen MR) is 80.1 cm³/mol. The summed E-state index contributed by atoms with van der Waals surface area (Å²) in [5, 5.41) is 0. The van der Waals surface area contributed by atoms with E-state index in [1.165, 1.54) is 22.7 Å². The fourth-order valence-electron chi connectivity index (χ4n) is 2.67. The van der Waals surface area contributed by atoms with Crippen molar-refractivity contribution in [2.45, 2.75) is 52.1 Å². The summed E-state index contributed by atoms with van der Waals surface area (Å²) in [7, 11) is 0. The molecule has 2 N–H and O–H groups in total. The van der Waals surface area contributed by atoms with Gasteiger partial charge in [-0.1, -0.05) is 20.8 Å². The Hall–Kier alpha value is -0.380. The van der Waals surface area contributed by atoms with Crippen LogP contribution < -0.4 is 5.73 Å². The molecule has 1 fully saturated rings. The molecule has 0 spiro atoms. The van der Waals surface area contributed by atoms with Crippen molar-refractivity contribution in [2.24, 2.45) is 11.7 Å². The molecule has 0 amide bonds. The molecule has 0 radical (unpaired) electrons. The molecule has 0 aromatic carbocycles. The molecule has 1 saturated heterocycles. The molecule has 0 saturated carbocycles. The SMILES string of the molecule is CC1CC(CN)CN1Cc1ccc(C(C)(C)C)s1. The summed E-state index contributed by atoms with van der Waals surface area (Å²) < 4.78 is 0. The minimum Gasteiger partial charge on any atom is -0.330 e. The van der Waals surface area contributed by atoms with Crippen molar-refractivity contribution in [3.63, 3.8) is 0 Å². The zero-order valence-corrected chi connectivity index (χ0v) is 12.9. The van der Waals surface area contributed by atoms with Gasteiger partial charge in [-0.25, -0.2) is 0 Å². The zero-order chi connectivity index (χ0) is 13.3. The average molecular weight is 266 g/mol. The predicted octanol–water partition coefficient (Wildman–Crippen LogP) is 3.21. The first-order valence-electron chi connectivity index (χ1n) is 6.93. The highest BCUT2D eigenvalue weighted by Crippen LogP contribution is 2.32. The lowest BCUT2D eigenvalue weighted by molar-refractivity contribution is 0.258. The molecule has 2 heterocycles. The minimum absolute atomic E-state index is 0.277. The summed E-state index contributed by atoms with van der Waals surface area (Å²) in [5.74, 6) is 0.696. The fourth-order valence-corrected chi connectivity index (χ4v) is 3.77. The van der Waals surface area contributed by atoms with E-state index in [0.29, 0.717) is 12.0 Å². The topological polar surface area (TPSA) is 29.3 Å². The lowest BCUT2D eigenvalue weighted by Gasteiger charge is -2.20. The number of nitrogens with zero attached hydrogens (tertiary/aromatic N) is 1. The molecule has 2 nitrogen and oxygen atoms in total. The highest BCUT2D eigenvalue weighted by atomic mass is 32.1. The maximum absolute atomic E-state index is 5.79. The van der Waals surface area contributed by atoms with Crippen molar-refractivity contribution >= 4 is 11.3 Å². The van der Waals surface area contributed by atoms with Crippen LogP contribution in [-0.4, -0.2) is 24.0 Å². The molecule has 1 aromatic rings. The molecule has 2 unspecified atom stereocenters. The van der Waals surface area contributed by atoms with E-state index in [4.69, 9.17) is 5.73 Å². The Morgan fingerprint density at radius 1 is 1.39 bits per heavy atom. The molecular formula is C15H26N2S. The van der Waals surface area contributed by atoms with Gasteiger partial charge in [0, 0.05) is 28.9 Å². The van der Waals surface area contributed by atoms with Gasteiger partial charge in [-0.15, -0.1) is 11.3 Å².